The third kappa shape index (κ3) is 3.83. The Morgan fingerprint density at radius 1 is 1.71 bits per heavy atom. The highest BCUT2D eigenvalue weighted by atomic mass is 16.3. The van der Waals surface area contributed by atoms with Crippen molar-refractivity contribution in [3.8, 4) is 0 Å². The molecular weight excluding hydrogens is 220 g/mol. The summed E-state index contributed by atoms with van der Waals surface area (Å²) in [5, 5.41) is 8.78. The highest BCUT2D eigenvalue weighted by molar-refractivity contribution is 5.81. The minimum Gasteiger partial charge on any atom is -0.394 e. The molecule has 0 aliphatic rings. The Labute approximate surface area is 101 Å². The lowest BCUT2D eigenvalue weighted by Gasteiger charge is -2.19. The fraction of sp³-hybridized carbons (Fsp3) is 0.636. The van der Waals surface area contributed by atoms with Gasteiger partial charge in [0.15, 0.2) is 0 Å². The molecule has 0 aromatic carbocycles. The van der Waals surface area contributed by atoms with Crippen molar-refractivity contribution < 1.29 is 9.90 Å². The molecule has 0 spiro atoms. The van der Waals surface area contributed by atoms with Crippen LogP contribution in [0.2, 0.25) is 0 Å². The van der Waals surface area contributed by atoms with E-state index in [2.05, 4.69) is 4.98 Å². The average Bonchev–Trinajstić information content (AvgIpc) is 2.73. The van der Waals surface area contributed by atoms with E-state index in [9.17, 15) is 4.79 Å². The first-order valence-corrected chi connectivity index (χ1v) is 5.64. The molecule has 1 heterocycles. The number of aliphatic hydroxyl groups excluding tert-OH is 1. The van der Waals surface area contributed by atoms with Crippen LogP contribution in [0.25, 0.3) is 0 Å². The summed E-state index contributed by atoms with van der Waals surface area (Å²) in [5.74, 6) is 0.768. The molecule has 1 aromatic rings. The van der Waals surface area contributed by atoms with E-state index in [4.69, 9.17) is 10.8 Å². The summed E-state index contributed by atoms with van der Waals surface area (Å²) in [6.45, 7) is 0.294. The van der Waals surface area contributed by atoms with Crippen LogP contribution >= 0.6 is 0 Å². The fourth-order valence-electron chi connectivity index (χ4n) is 1.58. The number of hydrogen-bond acceptors (Lipinski definition) is 4. The summed E-state index contributed by atoms with van der Waals surface area (Å²) < 4.78 is 1.96. The van der Waals surface area contributed by atoms with Gasteiger partial charge in [0, 0.05) is 39.5 Å². The standard InChI is InChI=1S/C11H20N4O2/c1-14-7-5-13-10(14)4-3-6-15(2)11(17)9(12)8-16/h5,7,9,16H,3-4,6,8,12H2,1-2H3/t9-/m1/s1. The molecule has 1 rings (SSSR count). The van der Waals surface area contributed by atoms with Crippen LogP contribution in [0.15, 0.2) is 12.4 Å². The number of hydrogen-bond donors (Lipinski definition) is 2. The number of imidazole rings is 1. The van der Waals surface area contributed by atoms with E-state index < -0.39 is 6.04 Å². The number of aliphatic hydroxyl groups is 1. The molecule has 17 heavy (non-hydrogen) atoms. The minimum atomic E-state index is -0.812. The van der Waals surface area contributed by atoms with E-state index in [1.54, 1.807) is 18.1 Å². The van der Waals surface area contributed by atoms with Crippen molar-refractivity contribution in [3.63, 3.8) is 0 Å². The number of rotatable bonds is 6. The maximum absolute atomic E-state index is 11.6. The topological polar surface area (TPSA) is 84.4 Å². The van der Waals surface area contributed by atoms with E-state index in [0.717, 1.165) is 18.7 Å². The van der Waals surface area contributed by atoms with Gasteiger partial charge in [-0.05, 0) is 6.42 Å². The largest absolute Gasteiger partial charge is 0.394 e. The van der Waals surface area contributed by atoms with Crippen molar-refractivity contribution in [2.75, 3.05) is 20.2 Å². The van der Waals surface area contributed by atoms with Crippen LogP contribution in [-0.2, 0) is 18.3 Å². The molecule has 0 radical (unpaired) electrons. The van der Waals surface area contributed by atoms with Gasteiger partial charge in [-0.2, -0.15) is 0 Å². The van der Waals surface area contributed by atoms with Crippen molar-refractivity contribution >= 4 is 5.91 Å². The first-order chi connectivity index (χ1) is 8.06. The Hall–Kier alpha value is -1.40. The van der Waals surface area contributed by atoms with Gasteiger partial charge in [0.05, 0.1) is 6.61 Å². The monoisotopic (exact) mass is 240 g/mol. The van der Waals surface area contributed by atoms with E-state index in [0.29, 0.717) is 6.54 Å². The zero-order chi connectivity index (χ0) is 12.8. The van der Waals surface area contributed by atoms with E-state index >= 15 is 0 Å². The Bertz CT molecular complexity index is 364. The van der Waals surface area contributed by atoms with Crippen molar-refractivity contribution in [1.29, 1.82) is 0 Å². The summed E-state index contributed by atoms with van der Waals surface area (Å²) >= 11 is 0. The summed E-state index contributed by atoms with van der Waals surface area (Å²) in [6, 6.07) is -0.812. The van der Waals surface area contributed by atoms with Crippen LogP contribution in [0.4, 0.5) is 0 Å². The van der Waals surface area contributed by atoms with Gasteiger partial charge >= 0.3 is 0 Å². The summed E-state index contributed by atoms with van der Waals surface area (Å²) in [4.78, 5) is 17.3. The van der Waals surface area contributed by atoms with Crippen molar-refractivity contribution in [1.82, 2.24) is 14.5 Å². The number of likely N-dealkylation sites (N-methyl/N-ethyl adjacent to an activating group) is 1. The van der Waals surface area contributed by atoms with Gasteiger partial charge in [0.25, 0.3) is 0 Å². The first-order valence-electron chi connectivity index (χ1n) is 5.64. The molecule has 1 aromatic heterocycles. The Balaban J connectivity index is 2.31. The maximum Gasteiger partial charge on any atom is 0.241 e. The highest BCUT2D eigenvalue weighted by Crippen LogP contribution is 2.00. The SMILES string of the molecule is CN(CCCc1nccn1C)C(=O)[C@H](N)CO. The molecular formula is C11H20N4O2. The molecule has 0 fully saturated rings. The summed E-state index contributed by atoms with van der Waals surface area (Å²) in [6.07, 6.45) is 5.29. The zero-order valence-corrected chi connectivity index (χ0v) is 10.3. The predicted molar refractivity (Wildman–Crippen MR) is 64.2 cm³/mol. The Morgan fingerprint density at radius 3 is 2.94 bits per heavy atom. The second-order valence-electron chi connectivity index (χ2n) is 4.11. The van der Waals surface area contributed by atoms with Crippen molar-refractivity contribution in [3.05, 3.63) is 18.2 Å². The van der Waals surface area contributed by atoms with Crippen LogP contribution < -0.4 is 5.73 Å². The van der Waals surface area contributed by atoms with Gasteiger partial charge in [0.1, 0.15) is 11.9 Å². The normalized spacial score (nSPS) is 12.5. The number of amides is 1. The zero-order valence-electron chi connectivity index (χ0n) is 10.3. The molecule has 1 amide bonds. The van der Waals surface area contributed by atoms with E-state index in [1.165, 1.54) is 0 Å². The Morgan fingerprint density at radius 2 is 2.41 bits per heavy atom. The van der Waals surface area contributed by atoms with E-state index in [1.807, 2.05) is 17.8 Å². The highest BCUT2D eigenvalue weighted by Gasteiger charge is 2.16. The van der Waals surface area contributed by atoms with Crippen molar-refractivity contribution in [2.45, 2.75) is 18.9 Å². The van der Waals surface area contributed by atoms with Crippen LogP contribution in [0, 0.1) is 0 Å². The molecule has 0 unspecified atom stereocenters. The fourth-order valence-corrected chi connectivity index (χ4v) is 1.58. The minimum absolute atomic E-state index is 0.229. The Kier molecular flexibility index (Phi) is 5.11. The third-order valence-corrected chi connectivity index (χ3v) is 2.70. The van der Waals surface area contributed by atoms with Gasteiger partial charge < -0.3 is 20.3 Å². The second-order valence-corrected chi connectivity index (χ2v) is 4.11. The van der Waals surface area contributed by atoms with Gasteiger partial charge in [-0.1, -0.05) is 0 Å². The maximum atomic E-state index is 11.6. The number of nitrogens with zero attached hydrogens (tertiary/aromatic N) is 3. The molecule has 0 bridgehead atoms. The lowest BCUT2D eigenvalue weighted by atomic mass is 10.2. The number of carbonyl (C=O) groups excluding carboxylic acids is 1. The molecule has 0 saturated carbocycles. The third-order valence-electron chi connectivity index (χ3n) is 2.70. The van der Waals surface area contributed by atoms with Gasteiger partial charge in [-0.25, -0.2) is 4.98 Å². The molecule has 6 heteroatoms. The van der Waals surface area contributed by atoms with Crippen LogP contribution in [0.1, 0.15) is 12.2 Å². The molecule has 3 N–H and O–H groups in total. The van der Waals surface area contributed by atoms with Crippen LogP contribution in [-0.4, -0.2) is 51.7 Å². The first kappa shape index (κ1) is 13.7. The van der Waals surface area contributed by atoms with Gasteiger partial charge in [-0.3, -0.25) is 4.79 Å². The predicted octanol–water partition coefficient (Wildman–Crippen LogP) is -0.869. The van der Waals surface area contributed by atoms with Crippen LogP contribution in [0.5, 0.6) is 0 Å². The molecule has 0 aliphatic heterocycles. The van der Waals surface area contributed by atoms with Crippen molar-refractivity contribution in [2.24, 2.45) is 12.8 Å². The summed E-state index contributed by atoms with van der Waals surface area (Å²) in [5.41, 5.74) is 5.45. The smallest absolute Gasteiger partial charge is 0.241 e. The van der Waals surface area contributed by atoms with Crippen LogP contribution in [0.3, 0.4) is 0 Å². The van der Waals surface area contributed by atoms with Gasteiger partial charge in [0.2, 0.25) is 5.91 Å². The van der Waals surface area contributed by atoms with E-state index in [-0.39, 0.29) is 12.5 Å². The number of aryl methyl sites for hydroxylation is 2. The summed E-state index contributed by atoms with van der Waals surface area (Å²) in [7, 11) is 3.63. The molecule has 6 nitrogen and oxygen atoms in total. The lowest BCUT2D eigenvalue weighted by molar-refractivity contribution is -0.132. The number of nitrogens with two attached hydrogens (primary N) is 1. The molecule has 0 saturated heterocycles. The van der Waals surface area contributed by atoms with Gasteiger partial charge in [-0.15, -0.1) is 0 Å². The number of aromatic nitrogens is 2. The molecule has 1 atom stereocenters. The molecule has 0 aliphatic carbocycles. The number of carbonyl (C=O) groups is 1. The molecule has 96 valence electrons. The lowest BCUT2D eigenvalue weighted by Crippen LogP contribution is -2.44. The second kappa shape index (κ2) is 6.36. The average molecular weight is 240 g/mol. The quantitative estimate of drug-likeness (QED) is 0.677.